The van der Waals surface area contributed by atoms with Gasteiger partial charge in [0, 0.05) is 25.0 Å². The molecular formula is C14H25N2O7P. The van der Waals surface area contributed by atoms with Crippen LogP contribution in [-0.4, -0.2) is 69.2 Å². The van der Waals surface area contributed by atoms with Crippen LogP contribution < -0.4 is 5.32 Å². The van der Waals surface area contributed by atoms with E-state index in [-0.39, 0.29) is 19.6 Å². The van der Waals surface area contributed by atoms with E-state index in [0.29, 0.717) is 26.3 Å². The highest BCUT2D eigenvalue weighted by atomic mass is 31.2. The van der Waals surface area contributed by atoms with Crippen molar-refractivity contribution in [2.75, 3.05) is 46.6 Å². The minimum atomic E-state index is -3.53. The third-order valence-electron chi connectivity index (χ3n) is 3.98. The molecule has 2 heterocycles. The maximum Gasteiger partial charge on any atom is 0.409 e. The molecule has 9 nitrogen and oxygen atoms in total. The van der Waals surface area contributed by atoms with Crippen LogP contribution in [0.3, 0.4) is 0 Å². The van der Waals surface area contributed by atoms with Crippen LogP contribution in [0.5, 0.6) is 0 Å². The van der Waals surface area contributed by atoms with Gasteiger partial charge in [0.25, 0.3) is 0 Å². The zero-order valence-electron chi connectivity index (χ0n) is 14.3. The molecule has 0 unspecified atom stereocenters. The second kappa shape index (κ2) is 7.93. The van der Waals surface area contributed by atoms with Crippen molar-refractivity contribution in [2.45, 2.75) is 26.4 Å². The maximum atomic E-state index is 13.0. The van der Waals surface area contributed by atoms with Gasteiger partial charge in [-0.05, 0) is 0 Å². The summed E-state index contributed by atoms with van der Waals surface area (Å²) in [6.07, 6.45) is -0.870. The number of hydrogen-bond donors (Lipinski definition) is 1. The molecule has 24 heavy (non-hydrogen) atoms. The topological polar surface area (TPSA) is 103 Å². The summed E-state index contributed by atoms with van der Waals surface area (Å²) >= 11 is 0. The van der Waals surface area contributed by atoms with Gasteiger partial charge in [0.05, 0.1) is 33.4 Å². The average molecular weight is 364 g/mol. The Kier molecular flexibility index (Phi) is 6.39. The third kappa shape index (κ3) is 4.55. The summed E-state index contributed by atoms with van der Waals surface area (Å²) in [7, 11) is -2.25. The summed E-state index contributed by atoms with van der Waals surface area (Å²) in [5.74, 6) is -0.831. The maximum absolute atomic E-state index is 13.0. The first kappa shape index (κ1) is 19.3. The molecule has 0 aromatic rings. The van der Waals surface area contributed by atoms with Gasteiger partial charge in [-0.15, -0.1) is 0 Å². The van der Waals surface area contributed by atoms with E-state index < -0.39 is 31.1 Å². The van der Waals surface area contributed by atoms with Crippen molar-refractivity contribution >= 4 is 19.6 Å². The first-order chi connectivity index (χ1) is 11.3. The Morgan fingerprint density at radius 3 is 2.62 bits per heavy atom. The number of esters is 1. The van der Waals surface area contributed by atoms with E-state index in [4.69, 9.17) is 13.8 Å². The molecule has 1 N–H and O–H groups in total. The molecule has 0 aliphatic carbocycles. The summed E-state index contributed by atoms with van der Waals surface area (Å²) in [6, 6.07) is 0. The number of hydrogen-bond acceptors (Lipinski definition) is 7. The Morgan fingerprint density at radius 1 is 1.33 bits per heavy atom. The minimum Gasteiger partial charge on any atom is -0.469 e. The second-order valence-corrected chi connectivity index (χ2v) is 8.37. The highest BCUT2D eigenvalue weighted by Crippen LogP contribution is 2.58. The lowest BCUT2D eigenvalue weighted by Crippen LogP contribution is -2.51. The molecule has 0 radical (unpaired) electrons. The van der Waals surface area contributed by atoms with Gasteiger partial charge in [-0.2, -0.15) is 0 Å². The Morgan fingerprint density at radius 2 is 2.00 bits per heavy atom. The van der Waals surface area contributed by atoms with Crippen molar-refractivity contribution in [1.29, 1.82) is 0 Å². The van der Waals surface area contributed by atoms with Gasteiger partial charge >= 0.3 is 13.7 Å². The molecular weight excluding hydrogens is 339 g/mol. The van der Waals surface area contributed by atoms with E-state index in [1.807, 2.05) is 0 Å². The van der Waals surface area contributed by atoms with E-state index in [1.54, 1.807) is 18.5 Å². The van der Waals surface area contributed by atoms with Crippen LogP contribution in [0, 0.1) is 5.41 Å². The fraction of sp³-hybridized carbons (Fsp3) is 0.857. The minimum absolute atomic E-state index is 0.0625. The van der Waals surface area contributed by atoms with E-state index in [2.05, 4.69) is 10.1 Å². The molecule has 2 aliphatic heterocycles. The van der Waals surface area contributed by atoms with Crippen LogP contribution in [0.15, 0.2) is 0 Å². The molecule has 0 bridgehead atoms. The van der Waals surface area contributed by atoms with Crippen LogP contribution >= 0.6 is 7.75 Å². The Labute approximate surface area is 141 Å². The van der Waals surface area contributed by atoms with E-state index in [0.717, 1.165) is 0 Å². The van der Waals surface area contributed by atoms with Crippen molar-refractivity contribution in [2.24, 2.45) is 5.41 Å². The summed E-state index contributed by atoms with van der Waals surface area (Å²) in [6.45, 7) is 5.61. The van der Waals surface area contributed by atoms with Crippen LogP contribution in [-0.2, 0) is 32.7 Å². The van der Waals surface area contributed by atoms with Gasteiger partial charge in [-0.3, -0.25) is 18.6 Å². The largest absolute Gasteiger partial charge is 0.469 e. The Hall–Kier alpha value is -0.990. The van der Waals surface area contributed by atoms with Crippen LogP contribution in [0.4, 0.5) is 0 Å². The second-order valence-electron chi connectivity index (χ2n) is 6.40. The summed E-state index contributed by atoms with van der Waals surface area (Å²) in [4.78, 5) is 23.6. The number of nitrogens with zero attached hydrogens (tertiary/aromatic N) is 1. The zero-order valence-corrected chi connectivity index (χ0v) is 15.2. The number of amides is 1. The SMILES string of the molecule is COC(=O)CCNC(=O)[C@@H]1O[P@@](=O)(N2CCOCC2)OCC1(C)C. The molecule has 2 aliphatic rings. The fourth-order valence-corrected chi connectivity index (χ4v) is 4.62. The van der Waals surface area contributed by atoms with Crippen LogP contribution in [0.1, 0.15) is 20.3 Å². The first-order valence-electron chi connectivity index (χ1n) is 7.89. The van der Waals surface area contributed by atoms with E-state index in [1.165, 1.54) is 7.11 Å². The average Bonchev–Trinajstić information content (AvgIpc) is 2.57. The fourth-order valence-electron chi connectivity index (χ4n) is 2.46. The van der Waals surface area contributed by atoms with Crippen molar-refractivity contribution < 1.29 is 32.7 Å². The predicted octanol–water partition coefficient (Wildman–Crippen LogP) is 0.548. The highest BCUT2D eigenvalue weighted by Gasteiger charge is 2.50. The van der Waals surface area contributed by atoms with Crippen molar-refractivity contribution in [3.63, 3.8) is 0 Å². The van der Waals surface area contributed by atoms with Gasteiger partial charge in [0.15, 0.2) is 6.10 Å². The third-order valence-corrected chi connectivity index (χ3v) is 6.00. The van der Waals surface area contributed by atoms with E-state index >= 15 is 0 Å². The monoisotopic (exact) mass is 364 g/mol. The Bertz CT molecular complexity index is 519. The zero-order chi connectivity index (χ0) is 17.8. The number of ether oxygens (including phenoxy) is 2. The molecule has 0 saturated carbocycles. The van der Waals surface area contributed by atoms with Crippen LogP contribution in [0.25, 0.3) is 0 Å². The standard InChI is InChI=1S/C14H25N2O7P/c1-14(2)10-22-24(19,16-6-8-21-9-7-16)23-12(14)13(18)15-5-4-11(17)20-3/h12H,4-10H2,1-3H3,(H,15,18)/t12-,24+/m0/s1. The lowest BCUT2D eigenvalue weighted by Gasteiger charge is -2.43. The van der Waals surface area contributed by atoms with Gasteiger partial charge in [-0.1, -0.05) is 13.8 Å². The lowest BCUT2D eigenvalue weighted by atomic mass is 9.87. The predicted molar refractivity (Wildman–Crippen MR) is 84.2 cm³/mol. The summed E-state index contributed by atoms with van der Waals surface area (Å²) < 4.78 is 35.5. The number of rotatable bonds is 5. The molecule has 0 aromatic heterocycles. The van der Waals surface area contributed by atoms with E-state index in [9.17, 15) is 14.2 Å². The Balaban J connectivity index is 2.01. The van der Waals surface area contributed by atoms with Gasteiger partial charge in [-0.25, -0.2) is 9.24 Å². The number of carbonyl (C=O) groups is 2. The molecule has 10 heteroatoms. The highest BCUT2D eigenvalue weighted by molar-refractivity contribution is 7.51. The summed E-state index contributed by atoms with van der Waals surface area (Å²) in [5.41, 5.74) is -0.643. The normalized spacial score (nSPS) is 30.5. The molecule has 2 fully saturated rings. The number of morpholine rings is 1. The summed E-state index contributed by atoms with van der Waals surface area (Å²) in [5, 5.41) is 2.63. The molecule has 1 amide bonds. The quantitative estimate of drug-likeness (QED) is 0.557. The molecule has 2 rings (SSSR count). The molecule has 0 spiro atoms. The number of methoxy groups -OCH3 is 1. The number of nitrogens with one attached hydrogen (secondary N) is 1. The molecule has 2 atom stereocenters. The number of carbonyl (C=O) groups excluding carboxylic acids is 2. The molecule has 0 aromatic carbocycles. The lowest BCUT2D eigenvalue weighted by molar-refractivity contribution is -0.142. The van der Waals surface area contributed by atoms with Gasteiger partial charge < -0.3 is 14.8 Å². The van der Waals surface area contributed by atoms with Crippen molar-refractivity contribution in [3.05, 3.63) is 0 Å². The van der Waals surface area contributed by atoms with Gasteiger partial charge in [0.2, 0.25) is 5.91 Å². The molecule has 138 valence electrons. The smallest absolute Gasteiger partial charge is 0.409 e. The van der Waals surface area contributed by atoms with Crippen molar-refractivity contribution in [1.82, 2.24) is 9.99 Å². The first-order valence-corrected chi connectivity index (χ1v) is 9.39. The van der Waals surface area contributed by atoms with Crippen molar-refractivity contribution in [3.8, 4) is 0 Å². The van der Waals surface area contributed by atoms with Crippen LogP contribution in [0.2, 0.25) is 0 Å². The van der Waals surface area contributed by atoms with Gasteiger partial charge in [0.1, 0.15) is 0 Å². The molecule has 2 saturated heterocycles.